The molecule has 0 N–H and O–H groups in total. The van der Waals surface area contributed by atoms with E-state index in [4.69, 9.17) is 13.9 Å². The van der Waals surface area contributed by atoms with Gasteiger partial charge < -0.3 is 13.9 Å². The number of benzene rings is 1. The van der Waals surface area contributed by atoms with E-state index in [-0.39, 0.29) is 23.5 Å². The monoisotopic (exact) mass is 512 g/mol. The van der Waals surface area contributed by atoms with Crippen LogP contribution in [0.2, 0.25) is 18.1 Å². The molecule has 1 aromatic rings. The van der Waals surface area contributed by atoms with E-state index in [1.165, 1.54) is 42.4 Å². The third kappa shape index (κ3) is 9.82. The SMILES string of the molecule is C=CCc1c(C)cccc1C(C#CCCC(CCCCC)OC1CCCCO1)O[Si](C)(C)C(C)(C)C. The minimum atomic E-state index is -2.02. The molecule has 202 valence electrons. The summed E-state index contributed by atoms with van der Waals surface area (Å²) < 4.78 is 19.2. The lowest BCUT2D eigenvalue weighted by Crippen LogP contribution is -2.41. The van der Waals surface area contributed by atoms with Crippen LogP contribution in [0, 0.1) is 18.8 Å². The summed E-state index contributed by atoms with van der Waals surface area (Å²) in [5, 5.41) is 0.119. The Kier molecular flexibility index (Phi) is 13.0. The molecule has 0 aromatic heterocycles. The molecule has 3 nitrogen and oxygen atoms in total. The van der Waals surface area contributed by atoms with E-state index in [2.05, 4.69) is 84.3 Å². The Morgan fingerprint density at radius 3 is 2.61 bits per heavy atom. The topological polar surface area (TPSA) is 27.7 Å². The largest absolute Gasteiger partial charge is 0.399 e. The summed E-state index contributed by atoms with van der Waals surface area (Å²) in [6.45, 7) is 20.7. The van der Waals surface area contributed by atoms with Gasteiger partial charge in [0.15, 0.2) is 14.6 Å². The highest BCUT2D eigenvalue weighted by Gasteiger charge is 2.39. The van der Waals surface area contributed by atoms with Gasteiger partial charge in [0.05, 0.1) is 6.10 Å². The Morgan fingerprint density at radius 1 is 1.19 bits per heavy atom. The first-order valence-corrected chi connectivity index (χ1v) is 17.1. The molecule has 0 spiro atoms. The van der Waals surface area contributed by atoms with Crippen LogP contribution < -0.4 is 0 Å². The zero-order chi connectivity index (χ0) is 26.6. The predicted octanol–water partition coefficient (Wildman–Crippen LogP) is 9.06. The third-order valence-electron chi connectivity index (χ3n) is 7.73. The minimum Gasteiger partial charge on any atom is -0.399 e. The number of unbranched alkanes of at least 4 members (excludes halogenated alkanes) is 2. The smallest absolute Gasteiger partial charge is 0.194 e. The first kappa shape index (κ1) is 30.8. The van der Waals surface area contributed by atoms with Crippen LogP contribution in [0.4, 0.5) is 0 Å². The van der Waals surface area contributed by atoms with Gasteiger partial charge in [-0.3, -0.25) is 0 Å². The van der Waals surface area contributed by atoms with Crippen molar-refractivity contribution in [2.24, 2.45) is 0 Å². The maximum atomic E-state index is 6.92. The van der Waals surface area contributed by atoms with Gasteiger partial charge >= 0.3 is 0 Å². The van der Waals surface area contributed by atoms with Gasteiger partial charge in [-0.05, 0) is 80.3 Å². The second-order valence-corrected chi connectivity index (χ2v) is 16.6. The van der Waals surface area contributed by atoms with Crippen molar-refractivity contribution in [2.45, 2.75) is 135 Å². The summed E-state index contributed by atoms with van der Waals surface area (Å²) >= 11 is 0. The normalized spacial score (nSPS) is 18.2. The van der Waals surface area contributed by atoms with Gasteiger partial charge in [-0.1, -0.05) is 77.2 Å². The summed E-state index contributed by atoms with van der Waals surface area (Å²) in [5.74, 6) is 7.06. The van der Waals surface area contributed by atoms with Gasteiger partial charge in [-0.15, -0.1) is 12.5 Å². The van der Waals surface area contributed by atoms with E-state index in [0.717, 1.165) is 45.1 Å². The minimum absolute atomic E-state index is 0.0400. The van der Waals surface area contributed by atoms with Crippen LogP contribution in [-0.2, 0) is 20.3 Å². The van der Waals surface area contributed by atoms with E-state index < -0.39 is 8.32 Å². The molecule has 0 amide bonds. The average Bonchev–Trinajstić information content (AvgIpc) is 2.82. The quantitative estimate of drug-likeness (QED) is 0.114. The van der Waals surface area contributed by atoms with Gasteiger partial charge in [0.2, 0.25) is 0 Å². The molecule has 1 aliphatic rings. The number of aryl methyl sites for hydroxylation is 1. The van der Waals surface area contributed by atoms with Crippen molar-refractivity contribution in [3.8, 4) is 11.8 Å². The van der Waals surface area contributed by atoms with Gasteiger partial charge in [0.25, 0.3) is 0 Å². The first-order chi connectivity index (χ1) is 17.1. The van der Waals surface area contributed by atoms with Crippen molar-refractivity contribution in [3.63, 3.8) is 0 Å². The van der Waals surface area contributed by atoms with Gasteiger partial charge in [-0.2, -0.15) is 0 Å². The van der Waals surface area contributed by atoms with Crippen LogP contribution in [0.5, 0.6) is 0 Å². The van der Waals surface area contributed by atoms with Crippen LogP contribution in [0.1, 0.15) is 108 Å². The lowest BCUT2D eigenvalue weighted by Gasteiger charge is -2.38. The van der Waals surface area contributed by atoms with Gasteiger partial charge in [-0.25, -0.2) is 0 Å². The number of hydrogen-bond donors (Lipinski definition) is 0. The molecule has 0 saturated carbocycles. The highest BCUT2D eigenvalue weighted by atomic mass is 28.4. The average molecular weight is 513 g/mol. The maximum absolute atomic E-state index is 6.92. The highest BCUT2D eigenvalue weighted by molar-refractivity contribution is 6.74. The predicted molar refractivity (Wildman–Crippen MR) is 156 cm³/mol. The number of allylic oxidation sites excluding steroid dienone is 1. The molecule has 1 aromatic carbocycles. The summed E-state index contributed by atoms with van der Waals surface area (Å²) in [7, 11) is -2.02. The van der Waals surface area contributed by atoms with E-state index in [1.54, 1.807) is 0 Å². The molecule has 0 bridgehead atoms. The van der Waals surface area contributed by atoms with Crippen molar-refractivity contribution in [2.75, 3.05) is 6.61 Å². The molecule has 1 fully saturated rings. The molecular formula is C32H52O3Si. The molecular weight excluding hydrogens is 460 g/mol. The number of rotatable bonds is 13. The Labute approximate surface area is 223 Å². The van der Waals surface area contributed by atoms with Crippen LogP contribution in [-0.4, -0.2) is 27.3 Å². The molecule has 1 saturated heterocycles. The van der Waals surface area contributed by atoms with E-state index in [1.807, 2.05) is 6.08 Å². The molecule has 36 heavy (non-hydrogen) atoms. The van der Waals surface area contributed by atoms with Crippen molar-refractivity contribution in [1.82, 2.24) is 0 Å². The maximum Gasteiger partial charge on any atom is 0.194 e. The number of hydrogen-bond acceptors (Lipinski definition) is 3. The first-order valence-electron chi connectivity index (χ1n) is 14.2. The van der Waals surface area contributed by atoms with Crippen LogP contribution in [0.3, 0.4) is 0 Å². The Hall–Kier alpha value is -1.38. The van der Waals surface area contributed by atoms with Crippen molar-refractivity contribution in [1.29, 1.82) is 0 Å². The molecule has 1 heterocycles. The van der Waals surface area contributed by atoms with Crippen LogP contribution in [0.25, 0.3) is 0 Å². The molecule has 2 rings (SSSR count). The summed E-state index contributed by atoms with van der Waals surface area (Å²) in [6, 6.07) is 6.49. The van der Waals surface area contributed by atoms with E-state index in [0.29, 0.717) is 0 Å². The van der Waals surface area contributed by atoms with Gasteiger partial charge in [0.1, 0.15) is 6.10 Å². The fourth-order valence-corrected chi connectivity index (χ4v) is 5.50. The van der Waals surface area contributed by atoms with Crippen molar-refractivity contribution in [3.05, 3.63) is 47.5 Å². The van der Waals surface area contributed by atoms with Gasteiger partial charge in [0, 0.05) is 13.0 Å². The molecule has 0 aliphatic carbocycles. The summed E-state index contributed by atoms with van der Waals surface area (Å²) in [5.41, 5.74) is 3.76. The second kappa shape index (κ2) is 15.1. The standard InChI is InChI=1S/C32H52O3Si/c1-9-11-12-20-27(34-31-24-15-16-25-33-31)21-13-14-23-30(35-36(7,8)32(4,5)6)29-22-17-19-26(3)28(29)18-10-2/h10,17,19,22,27,30-31H,2,9,11-13,15-16,18,20-21,24-25H2,1,3-8H3. The Bertz CT molecular complexity index is 852. The highest BCUT2D eigenvalue weighted by Crippen LogP contribution is 2.40. The summed E-state index contributed by atoms with van der Waals surface area (Å²) in [4.78, 5) is 0. The summed E-state index contributed by atoms with van der Waals surface area (Å²) in [6.07, 6.45) is 12.6. The zero-order valence-electron chi connectivity index (χ0n) is 24.3. The molecule has 4 heteroatoms. The van der Waals surface area contributed by atoms with Crippen molar-refractivity contribution >= 4 is 8.32 Å². The molecule has 3 atom stereocenters. The second-order valence-electron chi connectivity index (χ2n) is 11.8. The van der Waals surface area contributed by atoms with E-state index >= 15 is 0 Å². The lowest BCUT2D eigenvalue weighted by atomic mass is 9.95. The Balaban J connectivity index is 2.20. The molecule has 3 unspecified atom stereocenters. The van der Waals surface area contributed by atoms with Crippen LogP contribution >= 0.6 is 0 Å². The van der Waals surface area contributed by atoms with E-state index in [9.17, 15) is 0 Å². The lowest BCUT2D eigenvalue weighted by molar-refractivity contribution is -0.190. The van der Waals surface area contributed by atoms with Crippen molar-refractivity contribution < 1.29 is 13.9 Å². The van der Waals surface area contributed by atoms with Crippen LogP contribution in [0.15, 0.2) is 30.9 Å². The number of ether oxygens (including phenoxy) is 2. The zero-order valence-corrected chi connectivity index (χ0v) is 25.3. The molecule has 0 radical (unpaired) electrons. The Morgan fingerprint density at radius 2 is 1.97 bits per heavy atom. The molecule has 1 aliphatic heterocycles. The third-order valence-corrected chi connectivity index (χ3v) is 12.2. The fourth-order valence-electron chi connectivity index (χ4n) is 4.37. The fraction of sp³-hybridized carbons (Fsp3) is 0.688.